The van der Waals surface area contributed by atoms with E-state index in [2.05, 4.69) is 155 Å². The average Bonchev–Trinajstić information content (AvgIpc) is 3.79. The zero-order chi connectivity index (χ0) is 26.9. The number of rotatable bonds is 6. The highest BCUT2D eigenvalue weighted by Gasteiger charge is 2.11. The summed E-state index contributed by atoms with van der Waals surface area (Å²) in [4.78, 5) is 6.56. The molecular formula is C36H23BrS3. The minimum Gasteiger partial charge on any atom is -0.134 e. The third-order valence-electron chi connectivity index (χ3n) is 6.98. The maximum Gasteiger partial charge on any atom is 0.0705 e. The fraction of sp³-hybridized carbons (Fsp3) is 0. The van der Waals surface area contributed by atoms with Crippen LogP contribution in [0.4, 0.5) is 0 Å². The number of thiophene rings is 3. The van der Waals surface area contributed by atoms with Crippen LogP contribution in [0.3, 0.4) is 0 Å². The molecule has 0 saturated carbocycles. The standard InChI is InChI=1S/C36H23BrS3/c37-36-23-22-35(40-36)34-21-20-33(39-34)32-19-18-31(38-32)30-16-14-29(15-17-30)28-12-10-27(11-13-28)26-8-6-25(7-9-26)24-4-2-1-3-5-24/h1-23H. The van der Waals surface area contributed by atoms with Gasteiger partial charge in [-0.15, -0.1) is 34.0 Å². The molecule has 4 aromatic carbocycles. The van der Waals surface area contributed by atoms with Crippen LogP contribution in [-0.4, -0.2) is 0 Å². The van der Waals surface area contributed by atoms with Crippen LogP contribution in [-0.2, 0) is 0 Å². The van der Waals surface area contributed by atoms with Crippen molar-refractivity contribution in [3.05, 3.63) is 143 Å². The molecule has 3 aromatic heterocycles. The van der Waals surface area contributed by atoms with Gasteiger partial charge in [0.1, 0.15) is 0 Å². The highest BCUT2D eigenvalue weighted by molar-refractivity contribution is 9.11. The Morgan fingerprint density at radius 2 is 0.600 bits per heavy atom. The third-order valence-corrected chi connectivity index (χ3v) is 11.2. The van der Waals surface area contributed by atoms with Crippen molar-refractivity contribution in [1.29, 1.82) is 0 Å². The minimum absolute atomic E-state index is 1.17. The van der Waals surface area contributed by atoms with Crippen LogP contribution < -0.4 is 0 Å². The minimum atomic E-state index is 1.17. The molecule has 40 heavy (non-hydrogen) atoms. The van der Waals surface area contributed by atoms with E-state index in [1.54, 1.807) is 11.3 Å². The Balaban J connectivity index is 1.05. The summed E-state index contributed by atoms with van der Waals surface area (Å²) < 4.78 is 1.17. The van der Waals surface area contributed by atoms with E-state index in [1.807, 2.05) is 22.7 Å². The number of halogens is 1. The molecule has 3 heterocycles. The lowest BCUT2D eigenvalue weighted by Gasteiger charge is -2.07. The smallest absolute Gasteiger partial charge is 0.0705 e. The number of hydrogen-bond donors (Lipinski definition) is 0. The first-order valence-corrected chi connectivity index (χ1v) is 16.3. The molecule has 0 atom stereocenters. The van der Waals surface area contributed by atoms with Crippen molar-refractivity contribution in [2.24, 2.45) is 0 Å². The van der Waals surface area contributed by atoms with Crippen molar-refractivity contribution >= 4 is 49.9 Å². The van der Waals surface area contributed by atoms with E-state index in [0.29, 0.717) is 0 Å². The molecule has 0 saturated heterocycles. The van der Waals surface area contributed by atoms with Gasteiger partial charge < -0.3 is 0 Å². The molecule has 0 radical (unpaired) electrons. The van der Waals surface area contributed by atoms with Crippen LogP contribution in [0.15, 0.2) is 143 Å². The maximum atomic E-state index is 3.58. The Morgan fingerprint density at radius 1 is 0.275 bits per heavy atom. The maximum absolute atomic E-state index is 3.58. The predicted molar refractivity (Wildman–Crippen MR) is 180 cm³/mol. The van der Waals surface area contributed by atoms with E-state index in [0.717, 1.165) is 0 Å². The highest BCUT2D eigenvalue weighted by atomic mass is 79.9. The molecule has 0 aliphatic rings. The van der Waals surface area contributed by atoms with E-state index in [9.17, 15) is 0 Å². The van der Waals surface area contributed by atoms with Gasteiger partial charge in [-0.05, 0) is 91.3 Å². The normalized spacial score (nSPS) is 11.1. The van der Waals surface area contributed by atoms with E-state index in [-0.39, 0.29) is 0 Å². The van der Waals surface area contributed by atoms with Crippen molar-refractivity contribution in [3.8, 4) is 63.3 Å². The molecule has 0 aliphatic carbocycles. The second kappa shape index (κ2) is 11.1. The Morgan fingerprint density at radius 3 is 1.02 bits per heavy atom. The average molecular weight is 632 g/mol. The Labute approximate surface area is 255 Å². The second-order valence-corrected chi connectivity index (χ2v) is 14.2. The molecule has 0 fully saturated rings. The molecule has 0 amide bonds. The highest BCUT2D eigenvalue weighted by Crippen LogP contribution is 2.42. The van der Waals surface area contributed by atoms with E-state index >= 15 is 0 Å². The molecule has 0 bridgehead atoms. The Hall–Kier alpha value is -3.54. The Kier molecular flexibility index (Phi) is 7.09. The summed E-state index contributed by atoms with van der Waals surface area (Å²) in [6.45, 7) is 0. The first-order chi connectivity index (χ1) is 19.7. The lowest BCUT2D eigenvalue weighted by Crippen LogP contribution is -1.82. The van der Waals surface area contributed by atoms with E-state index in [1.165, 1.54) is 67.1 Å². The summed E-state index contributed by atoms with van der Waals surface area (Å²) in [6, 6.07) is 50.4. The zero-order valence-electron chi connectivity index (χ0n) is 21.4. The summed E-state index contributed by atoms with van der Waals surface area (Å²) in [7, 11) is 0. The van der Waals surface area contributed by atoms with Crippen molar-refractivity contribution in [2.75, 3.05) is 0 Å². The van der Waals surface area contributed by atoms with Crippen LogP contribution in [0.2, 0.25) is 0 Å². The summed E-state index contributed by atoms with van der Waals surface area (Å²) in [6.07, 6.45) is 0. The first kappa shape index (κ1) is 25.4. The van der Waals surface area contributed by atoms with Gasteiger partial charge in [0.15, 0.2) is 0 Å². The zero-order valence-corrected chi connectivity index (χ0v) is 25.4. The summed E-state index contributed by atoms with van der Waals surface area (Å²) in [5, 5.41) is 0. The van der Waals surface area contributed by atoms with Gasteiger partial charge in [-0.2, -0.15) is 0 Å². The molecule has 7 rings (SSSR count). The SMILES string of the molecule is Brc1ccc(-c2ccc(-c3ccc(-c4ccc(-c5ccc(-c6ccc(-c7ccccc7)cc6)cc5)cc4)s3)s2)s1. The second-order valence-electron chi connectivity index (χ2n) is 9.53. The fourth-order valence-corrected chi connectivity index (χ4v) is 8.43. The molecule has 192 valence electrons. The first-order valence-electron chi connectivity index (χ1n) is 13.0. The molecule has 0 spiro atoms. The van der Waals surface area contributed by atoms with Crippen LogP contribution in [0, 0.1) is 0 Å². The van der Waals surface area contributed by atoms with E-state index < -0.39 is 0 Å². The van der Waals surface area contributed by atoms with Crippen molar-refractivity contribution < 1.29 is 0 Å². The number of benzene rings is 4. The van der Waals surface area contributed by atoms with Crippen molar-refractivity contribution in [3.63, 3.8) is 0 Å². The van der Waals surface area contributed by atoms with Crippen LogP contribution >= 0.6 is 49.9 Å². The fourth-order valence-electron chi connectivity index (χ4n) is 4.84. The van der Waals surface area contributed by atoms with Crippen molar-refractivity contribution in [2.45, 2.75) is 0 Å². The molecule has 0 N–H and O–H groups in total. The van der Waals surface area contributed by atoms with E-state index in [4.69, 9.17) is 0 Å². The van der Waals surface area contributed by atoms with Crippen molar-refractivity contribution in [1.82, 2.24) is 0 Å². The quantitative estimate of drug-likeness (QED) is 0.171. The van der Waals surface area contributed by atoms with Gasteiger partial charge in [-0.3, -0.25) is 0 Å². The van der Waals surface area contributed by atoms with Crippen LogP contribution in [0.25, 0.3) is 63.3 Å². The molecule has 0 unspecified atom stereocenters. The van der Waals surface area contributed by atoms with Gasteiger partial charge in [0.05, 0.1) is 3.79 Å². The van der Waals surface area contributed by atoms with Gasteiger partial charge in [0.25, 0.3) is 0 Å². The Bertz CT molecular complexity index is 1870. The lowest BCUT2D eigenvalue weighted by molar-refractivity contribution is 1.57. The molecule has 7 aromatic rings. The third kappa shape index (κ3) is 5.28. The van der Waals surface area contributed by atoms with Gasteiger partial charge in [0.2, 0.25) is 0 Å². The van der Waals surface area contributed by atoms with Gasteiger partial charge in [-0.1, -0.05) is 103 Å². The van der Waals surface area contributed by atoms with Crippen LogP contribution in [0.5, 0.6) is 0 Å². The summed E-state index contributed by atoms with van der Waals surface area (Å²) >= 11 is 9.08. The lowest BCUT2D eigenvalue weighted by atomic mass is 9.97. The van der Waals surface area contributed by atoms with Gasteiger partial charge in [-0.25, -0.2) is 0 Å². The summed E-state index contributed by atoms with van der Waals surface area (Å²) in [5.41, 5.74) is 8.67. The largest absolute Gasteiger partial charge is 0.134 e. The monoisotopic (exact) mass is 630 g/mol. The molecule has 0 aliphatic heterocycles. The predicted octanol–water partition coefficient (Wildman–Crippen LogP) is 12.6. The topological polar surface area (TPSA) is 0 Å². The van der Waals surface area contributed by atoms with Gasteiger partial charge in [0, 0.05) is 24.4 Å². The van der Waals surface area contributed by atoms with Gasteiger partial charge >= 0.3 is 0 Å². The number of hydrogen-bond acceptors (Lipinski definition) is 3. The molecule has 4 heteroatoms. The summed E-state index contributed by atoms with van der Waals surface area (Å²) in [5.74, 6) is 0. The molecular weight excluding hydrogens is 609 g/mol. The van der Waals surface area contributed by atoms with Crippen LogP contribution in [0.1, 0.15) is 0 Å². The molecule has 0 nitrogen and oxygen atoms in total.